The molecule has 6 rings (SSSR count). The topological polar surface area (TPSA) is 249 Å². The fourth-order valence-corrected chi connectivity index (χ4v) is 5.50. The monoisotopic (exact) mass is 644 g/mol. The summed E-state index contributed by atoms with van der Waals surface area (Å²) in [6.45, 7) is 1.34. The minimum Gasteiger partial charge on any atom is -0.858 e. The van der Waals surface area contributed by atoms with E-state index in [-0.39, 0.29) is 37.4 Å². The fraction of sp³-hybridized carbons (Fsp3) is 0.167. The molecule has 220 valence electrons. The molecule has 0 saturated heterocycles. The second-order valence-corrected chi connectivity index (χ2v) is 11.1. The van der Waals surface area contributed by atoms with Crippen molar-refractivity contribution in [3.63, 3.8) is 0 Å². The molecule has 0 fully saturated rings. The number of nitrogens with one attached hydrogen (secondary N) is 2. The molecule has 2 aromatic carbocycles. The van der Waals surface area contributed by atoms with Crippen molar-refractivity contribution in [1.29, 1.82) is 0 Å². The molecule has 2 aliphatic rings. The van der Waals surface area contributed by atoms with Crippen LogP contribution in [-0.2, 0) is 49.4 Å². The van der Waals surface area contributed by atoms with Gasteiger partial charge in [0.15, 0.2) is 0 Å². The summed E-state index contributed by atoms with van der Waals surface area (Å²) in [5, 5.41) is 21.9. The molecule has 0 saturated carbocycles. The van der Waals surface area contributed by atoms with Crippen LogP contribution in [0.15, 0.2) is 92.2 Å². The van der Waals surface area contributed by atoms with Gasteiger partial charge in [0, 0.05) is 48.2 Å². The Morgan fingerprint density at radius 3 is 1.32 bits per heavy atom. The number of benzene rings is 2. The van der Waals surface area contributed by atoms with Gasteiger partial charge >= 0.3 is 16.5 Å². The van der Waals surface area contributed by atoms with Crippen LogP contribution in [0.25, 0.3) is 0 Å². The van der Waals surface area contributed by atoms with E-state index in [1.807, 2.05) is 12.4 Å². The first kappa shape index (κ1) is 33.3. The third-order valence-electron chi connectivity index (χ3n) is 5.11. The largest absolute Gasteiger partial charge is 2.00 e. The van der Waals surface area contributed by atoms with E-state index < -0.39 is 31.8 Å². The summed E-state index contributed by atoms with van der Waals surface area (Å²) < 4.78 is 50.3. The van der Waals surface area contributed by atoms with Crippen LogP contribution in [0.3, 0.4) is 0 Å². The van der Waals surface area contributed by atoms with Gasteiger partial charge in [-0.05, 0) is 25.2 Å². The van der Waals surface area contributed by atoms with Crippen molar-refractivity contribution in [1.82, 2.24) is 19.9 Å². The molecule has 6 N–H and O–H groups in total. The smallest absolute Gasteiger partial charge is 0.858 e. The van der Waals surface area contributed by atoms with Crippen molar-refractivity contribution < 1.29 is 43.5 Å². The molecule has 0 amide bonds. The van der Waals surface area contributed by atoms with E-state index >= 15 is 0 Å². The van der Waals surface area contributed by atoms with E-state index in [9.17, 15) is 27.0 Å². The van der Waals surface area contributed by atoms with Crippen LogP contribution >= 0.6 is 0 Å². The molecule has 0 atom stereocenters. The molecule has 0 radical (unpaired) electrons. The summed E-state index contributed by atoms with van der Waals surface area (Å²) in [5.74, 6) is -1.35. The van der Waals surface area contributed by atoms with Crippen LogP contribution in [0.4, 0.5) is 0 Å². The van der Waals surface area contributed by atoms with E-state index in [0.29, 0.717) is 13.1 Å². The van der Waals surface area contributed by atoms with Gasteiger partial charge in [0.2, 0.25) is 0 Å². The number of nitrogens with two attached hydrogens (primary N) is 2. The second kappa shape index (κ2) is 15.2. The minimum atomic E-state index is -3.68. The summed E-state index contributed by atoms with van der Waals surface area (Å²) in [5.41, 5.74) is 12.9. The van der Waals surface area contributed by atoms with Crippen molar-refractivity contribution in [3.05, 3.63) is 96.1 Å². The Morgan fingerprint density at radius 1 is 0.659 bits per heavy atom. The molecular weight excluding hydrogens is 619 g/mol. The molecule has 0 spiro atoms. The van der Waals surface area contributed by atoms with Gasteiger partial charge in [-0.25, -0.2) is 9.97 Å². The van der Waals surface area contributed by atoms with Crippen LogP contribution in [0.1, 0.15) is 22.5 Å². The zero-order chi connectivity index (χ0) is 29.2. The SMILES string of the molecule is NCCc1c[nH]cn1.NCCc1c[nH]cn1.O=S1(=O)N=C([O-])c2ccccc21.O=S1(=O)N=C([O-])c2ccccc21.[Ni+2]. The molecule has 0 aliphatic carbocycles. The number of sulfonamides is 2. The van der Waals surface area contributed by atoms with Gasteiger partial charge in [-0.15, -0.1) is 0 Å². The van der Waals surface area contributed by atoms with Gasteiger partial charge in [-0.2, -0.15) is 25.6 Å². The molecule has 2 aromatic heterocycles. The van der Waals surface area contributed by atoms with Crippen LogP contribution in [0.2, 0.25) is 0 Å². The Hall–Kier alpha value is -3.89. The number of rotatable bonds is 4. The van der Waals surface area contributed by atoms with Gasteiger partial charge in [-0.3, -0.25) is 0 Å². The molecule has 0 unspecified atom stereocenters. The Kier molecular flexibility index (Phi) is 12.4. The standard InChI is InChI=1S/2C7H5NO3S.2C5H9N3.Ni/c2*9-7-5-3-1-2-4-6(5)12(10,11)8-7;2*6-2-1-5-3-7-4-8-5;/h2*1-4H,(H,8,9);2*3-4H,1-2,6H2,(H,7,8);/q;;;;+2/p-2. The number of hydrogen-bond acceptors (Lipinski definition) is 10. The third-order valence-corrected chi connectivity index (χ3v) is 7.74. The van der Waals surface area contributed by atoms with Crippen molar-refractivity contribution >= 4 is 31.8 Å². The van der Waals surface area contributed by atoms with Crippen LogP contribution < -0.4 is 21.7 Å². The maximum atomic E-state index is 11.1. The van der Waals surface area contributed by atoms with Crippen molar-refractivity contribution in [2.45, 2.75) is 22.6 Å². The maximum Gasteiger partial charge on any atom is 2.00 e. The Labute approximate surface area is 246 Å². The molecule has 4 heterocycles. The Morgan fingerprint density at radius 2 is 1.02 bits per heavy atom. The summed E-state index contributed by atoms with van der Waals surface area (Å²) in [6, 6.07) is 12.0. The van der Waals surface area contributed by atoms with Gasteiger partial charge in [0.05, 0.1) is 33.8 Å². The third kappa shape index (κ3) is 9.06. The number of imidazole rings is 2. The molecule has 41 heavy (non-hydrogen) atoms. The summed E-state index contributed by atoms with van der Waals surface area (Å²) in [7, 11) is -7.36. The predicted octanol–water partition coefficient (Wildman–Crippen LogP) is -1.19. The molecule has 14 nitrogen and oxygen atoms in total. The van der Waals surface area contributed by atoms with Crippen LogP contribution in [0.5, 0.6) is 0 Å². The Balaban J connectivity index is 0.000000193. The van der Waals surface area contributed by atoms with Crippen molar-refractivity contribution in [2.75, 3.05) is 13.1 Å². The average molecular weight is 645 g/mol. The first-order valence-corrected chi connectivity index (χ1v) is 14.5. The normalized spacial score (nSPS) is 14.6. The number of hydrogen-bond donors (Lipinski definition) is 4. The zero-order valence-corrected chi connectivity index (χ0v) is 23.9. The summed E-state index contributed by atoms with van der Waals surface area (Å²) in [6.07, 6.45) is 8.75. The Bertz CT molecular complexity index is 1550. The van der Waals surface area contributed by atoms with Crippen LogP contribution in [-0.4, -0.2) is 61.7 Å². The van der Waals surface area contributed by atoms with Crippen molar-refractivity contribution in [2.24, 2.45) is 20.3 Å². The summed E-state index contributed by atoms with van der Waals surface area (Å²) >= 11 is 0. The van der Waals surface area contributed by atoms with E-state index in [2.05, 4.69) is 28.7 Å². The second-order valence-electron chi connectivity index (χ2n) is 7.93. The molecule has 17 heteroatoms. The minimum absolute atomic E-state index is 0. The van der Waals surface area contributed by atoms with E-state index in [1.165, 1.54) is 24.3 Å². The van der Waals surface area contributed by atoms with Crippen molar-refractivity contribution in [3.8, 4) is 0 Å². The van der Waals surface area contributed by atoms with Gasteiger partial charge in [0.25, 0.3) is 20.0 Å². The first-order valence-electron chi connectivity index (χ1n) is 11.7. The number of aromatic amines is 2. The zero-order valence-electron chi connectivity index (χ0n) is 21.3. The quantitative estimate of drug-likeness (QED) is 0.193. The molecule has 2 aliphatic heterocycles. The first-order chi connectivity index (χ1) is 19.1. The van der Waals surface area contributed by atoms with Gasteiger partial charge in [-0.1, -0.05) is 36.4 Å². The van der Waals surface area contributed by atoms with Gasteiger partial charge in [0.1, 0.15) is 0 Å². The van der Waals surface area contributed by atoms with Crippen LogP contribution in [0, 0.1) is 0 Å². The van der Waals surface area contributed by atoms with E-state index in [1.54, 1.807) is 36.9 Å². The molecule has 0 bridgehead atoms. The predicted molar refractivity (Wildman–Crippen MR) is 143 cm³/mol. The average Bonchev–Trinajstić information content (AvgIpc) is 3.71. The fourth-order valence-electron chi connectivity index (χ4n) is 3.30. The summed E-state index contributed by atoms with van der Waals surface area (Å²) in [4.78, 5) is 13.7. The number of H-pyrrole nitrogens is 2. The van der Waals surface area contributed by atoms with E-state index in [4.69, 9.17) is 11.5 Å². The number of aromatic nitrogens is 4. The molecule has 4 aromatic rings. The van der Waals surface area contributed by atoms with Gasteiger partial charge < -0.3 is 31.6 Å². The number of nitrogens with zero attached hydrogens (tertiary/aromatic N) is 4. The van der Waals surface area contributed by atoms with E-state index in [0.717, 1.165) is 24.2 Å². The number of fused-ring (bicyclic) bond motifs is 2. The molecular formula is C24H26N8NiO6S2. The maximum absolute atomic E-state index is 11.1.